The summed E-state index contributed by atoms with van der Waals surface area (Å²) in [6.45, 7) is 4.40. The molecule has 1 aliphatic carbocycles. The molecule has 98 valence electrons. The first-order valence-electron chi connectivity index (χ1n) is 7.00. The standard InChI is InChI=1S/C17H19NO/c1-12(2)13-5-3-6-14(11-13)18-10-9-15-16(18)7-4-8-17(15)19/h3,5-6,9-12H,4,7-8H2,1-2H3. The number of carbonyl (C=O) groups excluding carboxylic acids is 1. The maximum absolute atomic E-state index is 11.9. The van der Waals surface area contributed by atoms with E-state index in [0.717, 1.165) is 18.4 Å². The van der Waals surface area contributed by atoms with Gasteiger partial charge in [0.15, 0.2) is 5.78 Å². The van der Waals surface area contributed by atoms with Crippen molar-refractivity contribution in [3.8, 4) is 5.69 Å². The van der Waals surface area contributed by atoms with Gasteiger partial charge in [-0.1, -0.05) is 26.0 Å². The number of Topliss-reactive ketones (excluding diaryl/α,β-unsaturated/α-hetero) is 1. The van der Waals surface area contributed by atoms with Crippen LogP contribution in [-0.4, -0.2) is 10.4 Å². The molecule has 2 heteroatoms. The summed E-state index contributed by atoms with van der Waals surface area (Å²) in [5.41, 5.74) is 4.60. The first-order valence-corrected chi connectivity index (χ1v) is 7.00. The Labute approximate surface area is 114 Å². The van der Waals surface area contributed by atoms with Crippen LogP contribution in [-0.2, 0) is 6.42 Å². The maximum atomic E-state index is 11.9. The average molecular weight is 253 g/mol. The molecule has 0 radical (unpaired) electrons. The second-order valence-electron chi connectivity index (χ2n) is 5.57. The second kappa shape index (κ2) is 4.69. The number of aromatic nitrogens is 1. The summed E-state index contributed by atoms with van der Waals surface area (Å²) in [6.07, 6.45) is 4.70. The van der Waals surface area contributed by atoms with Crippen molar-refractivity contribution in [2.24, 2.45) is 0 Å². The molecule has 0 saturated carbocycles. The van der Waals surface area contributed by atoms with E-state index < -0.39 is 0 Å². The number of rotatable bonds is 2. The highest BCUT2D eigenvalue weighted by molar-refractivity contribution is 5.98. The Morgan fingerprint density at radius 3 is 2.79 bits per heavy atom. The molecule has 0 aliphatic heterocycles. The number of hydrogen-bond donors (Lipinski definition) is 0. The molecule has 1 heterocycles. The Kier molecular flexibility index (Phi) is 3.02. The summed E-state index contributed by atoms with van der Waals surface area (Å²) in [5, 5.41) is 0. The molecule has 0 amide bonds. The van der Waals surface area contributed by atoms with Crippen LogP contribution in [0, 0.1) is 0 Å². The predicted octanol–water partition coefficient (Wildman–Crippen LogP) is 4.12. The van der Waals surface area contributed by atoms with Crippen LogP contribution in [0.1, 0.15) is 54.2 Å². The Hall–Kier alpha value is -1.83. The number of hydrogen-bond acceptors (Lipinski definition) is 1. The summed E-state index contributed by atoms with van der Waals surface area (Å²) < 4.78 is 2.18. The molecule has 0 fully saturated rings. The van der Waals surface area contributed by atoms with Gasteiger partial charge in [0.2, 0.25) is 0 Å². The van der Waals surface area contributed by atoms with Crippen LogP contribution in [0.15, 0.2) is 36.5 Å². The Balaban J connectivity index is 2.08. The van der Waals surface area contributed by atoms with Crippen LogP contribution in [0.25, 0.3) is 5.69 Å². The Morgan fingerprint density at radius 1 is 1.16 bits per heavy atom. The van der Waals surface area contributed by atoms with E-state index in [1.54, 1.807) is 0 Å². The number of benzene rings is 1. The maximum Gasteiger partial charge on any atom is 0.164 e. The average Bonchev–Trinajstić information content (AvgIpc) is 2.84. The molecular formula is C17H19NO. The van der Waals surface area contributed by atoms with Crippen LogP contribution in [0.5, 0.6) is 0 Å². The van der Waals surface area contributed by atoms with Gasteiger partial charge in [-0.2, -0.15) is 0 Å². The van der Waals surface area contributed by atoms with Crippen LogP contribution in [0.4, 0.5) is 0 Å². The van der Waals surface area contributed by atoms with Gasteiger partial charge >= 0.3 is 0 Å². The van der Waals surface area contributed by atoms with Crippen molar-refractivity contribution in [2.75, 3.05) is 0 Å². The minimum absolute atomic E-state index is 0.292. The zero-order valence-electron chi connectivity index (χ0n) is 11.5. The predicted molar refractivity (Wildman–Crippen MR) is 77.1 cm³/mol. The summed E-state index contributed by atoms with van der Waals surface area (Å²) in [4.78, 5) is 11.9. The summed E-state index contributed by atoms with van der Waals surface area (Å²) in [6, 6.07) is 10.6. The fraction of sp³-hybridized carbons (Fsp3) is 0.353. The van der Waals surface area contributed by atoms with Gasteiger partial charge in [-0.25, -0.2) is 0 Å². The third-order valence-corrected chi connectivity index (χ3v) is 3.92. The fourth-order valence-corrected chi connectivity index (χ4v) is 2.80. The van der Waals surface area contributed by atoms with Gasteiger partial charge in [0.05, 0.1) is 0 Å². The van der Waals surface area contributed by atoms with Gasteiger partial charge in [0, 0.05) is 29.6 Å². The highest BCUT2D eigenvalue weighted by atomic mass is 16.1. The Morgan fingerprint density at radius 2 is 2.00 bits per heavy atom. The van der Waals surface area contributed by atoms with Crippen molar-refractivity contribution < 1.29 is 4.79 Å². The zero-order valence-corrected chi connectivity index (χ0v) is 11.5. The third kappa shape index (κ3) is 2.12. The fourth-order valence-electron chi connectivity index (χ4n) is 2.80. The van der Waals surface area contributed by atoms with Gasteiger partial charge < -0.3 is 4.57 Å². The van der Waals surface area contributed by atoms with Gasteiger partial charge in [0.25, 0.3) is 0 Å². The molecule has 1 aromatic carbocycles. The van der Waals surface area contributed by atoms with Crippen molar-refractivity contribution in [3.63, 3.8) is 0 Å². The van der Waals surface area contributed by atoms with E-state index in [4.69, 9.17) is 0 Å². The van der Waals surface area contributed by atoms with Crippen molar-refractivity contribution >= 4 is 5.78 Å². The summed E-state index contributed by atoms with van der Waals surface area (Å²) in [7, 11) is 0. The molecule has 3 rings (SSSR count). The molecule has 0 N–H and O–H groups in total. The van der Waals surface area contributed by atoms with Gasteiger partial charge in [0.1, 0.15) is 0 Å². The first kappa shape index (κ1) is 12.2. The van der Waals surface area contributed by atoms with Crippen LogP contribution in [0.3, 0.4) is 0 Å². The molecule has 2 aromatic rings. The highest BCUT2D eigenvalue weighted by Gasteiger charge is 2.21. The van der Waals surface area contributed by atoms with E-state index in [2.05, 4.69) is 42.7 Å². The van der Waals surface area contributed by atoms with Crippen LogP contribution < -0.4 is 0 Å². The lowest BCUT2D eigenvalue weighted by Crippen LogP contribution is -2.12. The highest BCUT2D eigenvalue weighted by Crippen LogP contribution is 2.26. The van der Waals surface area contributed by atoms with E-state index >= 15 is 0 Å². The molecule has 0 unspecified atom stereocenters. The van der Waals surface area contributed by atoms with Crippen LogP contribution >= 0.6 is 0 Å². The number of nitrogens with zero attached hydrogens (tertiary/aromatic N) is 1. The molecule has 0 saturated heterocycles. The van der Waals surface area contributed by atoms with E-state index in [1.165, 1.54) is 16.9 Å². The third-order valence-electron chi connectivity index (χ3n) is 3.92. The zero-order chi connectivity index (χ0) is 13.4. The van der Waals surface area contributed by atoms with E-state index in [-0.39, 0.29) is 0 Å². The van der Waals surface area contributed by atoms with Crippen molar-refractivity contribution in [1.82, 2.24) is 4.57 Å². The van der Waals surface area contributed by atoms with Gasteiger partial charge in [-0.05, 0) is 42.5 Å². The van der Waals surface area contributed by atoms with Crippen molar-refractivity contribution in [3.05, 3.63) is 53.3 Å². The van der Waals surface area contributed by atoms with Gasteiger partial charge in [-0.3, -0.25) is 4.79 Å². The molecule has 0 atom stereocenters. The SMILES string of the molecule is CC(C)c1cccc(-n2ccc3c2CCCC3=O)c1. The molecule has 1 aromatic heterocycles. The largest absolute Gasteiger partial charge is 0.320 e. The molecule has 1 aliphatic rings. The molecule has 0 spiro atoms. The lowest BCUT2D eigenvalue weighted by molar-refractivity contribution is 0.0972. The quantitative estimate of drug-likeness (QED) is 0.789. The topological polar surface area (TPSA) is 22.0 Å². The lowest BCUT2D eigenvalue weighted by atomic mass is 9.96. The normalized spacial score (nSPS) is 14.8. The number of fused-ring (bicyclic) bond motifs is 1. The molecule has 0 bridgehead atoms. The monoisotopic (exact) mass is 253 g/mol. The summed E-state index contributed by atoms with van der Waals surface area (Å²) >= 11 is 0. The lowest BCUT2D eigenvalue weighted by Gasteiger charge is -2.16. The van der Waals surface area contributed by atoms with Crippen LogP contribution in [0.2, 0.25) is 0 Å². The second-order valence-corrected chi connectivity index (χ2v) is 5.57. The van der Waals surface area contributed by atoms with Crippen molar-refractivity contribution in [1.29, 1.82) is 0 Å². The van der Waals surface area contributed by atoms with E-state index in [0.29, 0.717) is 18.1 Å². The van der Waals surface area contributed by atoms with Crippen molar-refractivity contribution in [2.45, 2.75) is 39.0 Å². The van der Waals surface area contributed by atoms with E-state index in [1.807, 2.05) is 12.3 Å². The molecule has 19 heavy (non-hydrogen) atoms. The summed E-state index contributed by atoms with van der Waals surface area (Å²) in [5.74, 6) is 0.813. The minimum atomic E-state index is 0.292. The first-order chi connectivity index (χ1) is 9.16. The molecule has 2 nitrogen and oxygen atoms in total. The number of ketones is 1. The minimum Gasteiger partial charge on any atom is -0.320 e. The van der Waals surface area contributed by atoms with E-state index in [9.17, 15) is 4.79 Å². The smallest absolute Gasteiger partial charge is 0.164 e. The Bertz CT molecular complexity index is 622. The van der Waals surface area contributed by atoms with Gasteiger partial charge in [-0.15, -0.1) is 0 Å². The molecular weight excluding hydrogens is 234 g/mol. The number of carbonyl (C=O) groups is 1.